The largest absolute Gasteiger partial charge is 0.339 e. The third-order valence-electron chi connectivity index (χ3n) is 8.88. The van der Waals surface area contributed by atoms with Crippen molar-refractivity contribution >= 4 is 29.4 Å². The quantitative estimate of drug-likeness (QED) is 0.0956. The summed E-state index contributed by atoms with van der Waals surface area (Å²) in [7, 11) is 0. The average Bonchev–Trinajstić information content (AvgIpc) is 3.02. The lowest BCUT2D eigenvalue weighted by atomic mass is 9.93. The molecule has 0 spiro atoms. The van der Waals surface area contributed by atoms with Gasteiger partial charge in [0.25, 0.3) is 0 Å². The zero-order valence-electron chi connectivity index (χ0n) is 26.7. The van der Waals surface area contributed by atoms with Crippen molar-refractivity contribution in [3.05, 3.63) is 47.5 Å². The minimum absolute atomic E-state index is 0.643. The van der Waals surface area contributed by atoms with Crippen molar-refractivity contribution in [1.82, 2.24) is 0 Å². The van der Waals surface area contributed by atoms with E-state index in [1.165, 1.54) is 140 Å². The van der Waals surface area contributed by atoms with E-state index in [1.54, 1.807) is 11.8 Å². The van der Waals surface area contributed by atoms with Gasteiger partial charge < -0.3 is 4.90 Å². The number of carbonyl (C=O) groups is 1. The molecular formula is C38H56N2OS. The second-order valence-corrected chi connectivity index (χ2v) is 13.5. The Morgan fingerprint density at radius 3 is 1.67 bits per heavy atom. The predicted octanol–water partition coefficient (Wildman–Crippen LogP) is 12.4. The van der Waals surface area contributed by atoms with Crippen LogP contribution in [0.5, 0.6) is 0 Å². The van der Waals surface area contributed by atoms with Crippen LogP contribution in [0.2, 0.25) is 0 Å². The minimum atomic E-state index is 0.643. The molecule has 42 heavy (non-hydrogen) atoms. The first-order valence-corrected chi connectivity index (χ1v) is 18.1. The maximum absolute atomic E-state index is 11.5. The Bertz CT molecular complexity index is 1090. The first kappa shape index (κ1) is 34.2. The molecule has 0 amide bonds. The van der Waals surface area contributed by atoms with Crippen LogP contribution >= 0.6 is 11.8 Å². The van der Waals surface area contributed by atoms with E-state index in [9.17, 15) is 10.1 Å². The topological polar surface area (TPSA) is 44.1 Å². The smallest absolute Gasteiger partial charge is 0.150 e. The van der Waals surface area contributed by atoms with Gasteiger partial charge in [0.1, 0.15) is 6.29 Å². The highest BCUT2D eigenvalue weighted by atomic mass is 32.2. The number of unbranched alkanes of at least 4 members (excludes halogenated alkanes) is 16. The van der Waals surface area contributed by atoms with Crippen molar-refractivity contribution in [2.24, 2.45) is 5.92 Å². The second-order valence-electron chi connectivity index (χ2n) is 12.5. The van der Waals surface area contributed by atoms with Gasteiger partial charge in [0.15, 0.2) is 0 Å². The lowest BCUT2D eigenvalue weighted by molar-refractivity contribution is 0.112. The van der Waals surface area contributed by atoms with Gasteiger partial charge in [0.2, 0.25) is 0 Å². The van der Waals surface area contributed by atoms with Gasteiger partial charge in [0.05, 0.1) is 23.0 Å². The maximum Gasteiger partial charge on any atom is 0.150 e. The first-order chi connectivity index (χ1) is 20.7. The van der Waals surface area contributed by atoms with Crippen molar-refractivity contribution in [2.75, 3.05) is 11.4 Å². The standard InChI is InChI=1S/C38H56N2OS/c1-3-5-7-9-11-13-14-16-18-20-22-32(21-19-17-15-12-10-8-6-4-2)30-40-35-25-23-33(29-39)27-37(35)42-38-28-34(31-41)24-26-36(38)40/h23-28,31-32H,3-22,30H2,1-2H3. The first-order valence-electron chi connectivity index (χ1n) is 17.3. The average molecular weight is 589 g/mol. The molecule has 1 heterocycles. The number of anilines is 2. The molecule has 1 aliphatic rings. The summed E-state index contributed by atoms with van der Waals surface area (Å²) < 4.78 is 0. The van der Waals surface area contributed by atoms with E-state index >= 15 is 0 Å². The van der Waals surface area contributed by atoms with Crippen molar-refractivity contribution in [2.45, 2.75) is 152 Å². The second kappa shape index (κ2) is 20.6. The van der Waals surface area contributed by atoms with Gasteiger partial charge in [-0.25, -0.2) is 0 Å². The molecule has 0 saturated heterocycles. The van der Waals surface area contributed by atoms with E-state index in [1.807, 2.05) is 24.3 Å². The van der Waals surface area contributed by atoms with Gasteiger partial charge in [-0.2, -0.15) is 5.26 Å². The SMILES string of the molecule is CCCCCCCCCCCCC(CCCCCCCCCC)CN1c2ccc(C#N)cc2Sc2cc(C=O)ccc21. The Balaban J connectivity index is 1.61. The number of nitrogens with zero attached hydrogens (tertiary/aromatic N) is 2. The van der Waals surface area contributed by atoms with Gasteiger partial charge >= 0.3 is 0 Å². The molecule has 1 unspecified atom stereocenters. The monoisotopic (exact) mass is 588 g/mol. The normalized spacial score (nSPS) is 12.9. The van der Waals surface area contributed by atoms with Crippen molar-refractivity contribution < 1.29 is 4.79 Å². The van der Waals surface area contributed by atoms with Crippen LogP contribution < -0.4 is 4.90 Å². The third-order valence-corrected chi connectivity index (χ3v) is 9.98. The van der Waals surface area contributed by atoms with Gasteiger partial charge in [-0.3, -0.25) is 4.79 Å². The molecule has 2 aromatic rings. The third kappa shape index (κ3) is 11.8. The number of hydrogen-bond acceptors (Lipinski definition) is 4. The Morgan fingerprint density at radius 2 is 1.17 bits per heavy atom. The molecular weight excluding hydrogens is 532 g/mol. The fourth-order valence-electron chi connectivity index (χ4n) is 6.31. The molecule has 0 fully saturated rings. The molecule has 0 bridgehead atoms. The zero-order valence-corrected chi connectivity index (χ0v) is 27.5. The molecule has 0 N–H and O–H groups in total. The zero-order chi connectivity index (χ0) is 29.8. The van der Waals surface area contributed by atoms with Crippen LogP contribution in [-0.2, 0) is 0 Å². The summed E-state index contributed by atoms with van der Waals surface area (Å²) in [5, 5.41) is 9.53. The molecule has 0 radical (unpaired) electrons. The highest BCUT2D eigenvalue weighted by Gasteiger charge is 2.26. The minimum Gasteiger partial charge on any atom is -0.339 e. The molecule has 3 nitrogen and oxygen atoms in total. The molecule has 2 aromatic carbocycles. The Morgan fingerprint density at radius 1 is 0.690 bits per heavy atom. The molecule has 0 saturated carbocycles. The van der Waals surface area contributed by atoms with Crippen molar-refractivity contribution in [3.8, 4) is 6.07 Å². The van der Waals surface area contributed by atoms with E-state index in [4.69, 9.17) is 0 Å². The van der Waals surface area contributed by atoms with Crippen LogP contribution in [0.4, 0.5) is 11.4 Å². The number of benzene rings is 2. The highest BCUT2D eigenvalue weighted by Crippen LogP contribution is 2.49. The number of carbonyl (C=O) groups excluding carboxylic acids is 1. The summed E-state index contributed by atoms with van der Waals surface area (Å²) in [5.74, 6) is 0.643. The Labute approximate surface area is 261 Å². The molecule has 1 atom stereocenters. The van der Waals surface area contributed by atoms with E-state index in [2.05, 4.69) is 36.9 Å². The van der Waals surface area contributed by atoms with Gasteiger partial charge in [-0.15, -0.1) is 0 Å². The Hall–Kier alpha value is -2.25. The highest BCUT2D eigenvalue weighted by molar-refractivity contribution is 7.99. The number of hydrogen-bond donors (Lipinski definition) is 0. The van der Waals surface area contributed by atoms with Crippen molar-refractivity contribution in [1.29, 1.82) is 5.26 Å². The lowest BCUT2D eigenvalue weighted by Gasteiger charge is -2.36. The molecule has 3 rings (SSSR count). The van der Waals surface area contributed by atoms with E-state index in [-0.39, 0.29) is 0 Å². The lowest BCUT2D eigenvalue weighted by Crippen LogP contribution is -2.28. The van der Waals surface area contributed by atoms with E-state index in [0.717, 1.165) is 22.6 Å². The van der Waals surface area contributed by atoms with Crippen LogP contribution in [0.3, 0.4) is 0 Å². The molecule has 0 aromatic heterocycles. The molecule has 0 aliphatic carbocycles. The molecule has 1 aliphatic heterocycles. The summed E-state index contributed by atoms with van der Waals surface area (Å²) in [5.41, 5.74) is 3.81. The predicted molar refractivity (Wildman–Crippen MR) is 181 cm³/mol. The van der Waals surface area contributed by atoms with Gasteiger partial charge in [-0.1, -0.05) is 141 Å². The van der Waals surface area contributed by atoms with Crippen LogP contribution in [0.25, 0.3) is 0 Å². The van der Waals surface area contributed by atoms with E-state index < -0.39 is 0 Å². The summed E-state index contributed by atoms with van der Waals surface area (Å²) in [4.78, 5) is 16.3. The van der Waals surface area contributed by atoms with Crippen LogP contribution in [0.1, 0.15) is 158 Å². The van der Waals surface area contributed by atoms with Crippen LogP contribution in [0, 0.1) is 17.2 Å². The van der Waals surface area contributed by atoms with E-state index in [0.29, 0.717) is 17.0 Å². The summed E-state index contributed by atoms with van der Waals surface area (Å²) in [6.45, 7) is 5.58. The summed E-state index contributed by atoms with van der Waals surface area (Å²) in [6.07, 6.45) is 28.2. The summed E-state index contributed by atoms with van der Waals surface area (Å²) >= 11 is 1.69. The number of nitriles is 1. The number of aldehydes is 1. The van der Waals surface area contributed by atoms with Crippen LogP contribution in [0.15, 0.2) is 46.2 Å². The van der Waals surface area contributed by atoms with Gasteiger partial charge in [0, 0.05) is 21.9 Å². The molecule has 4 heteroatoms. The number of fused-ring (bicyclic) bond motifs is 2. The summed E-state index contributed by atoms with van der Waals surface area (Å²) in [6, 6.07) is 14.5. The fraction of sp³-hybridized carbons (Fsp3) is 0.632. The fourth-order valence-corrected chi connectivity index (χ4v) is 7.50. The maximum atomic E-state index is 11.5. The molecule has 230 valence electrons. The Kier molecular flexibility index (Phi) is 16.8. The van der Waals surface area contributed by atoms with Crippen molar-refractivity contribution in [3.63, 3.8) is 0 Å². The number of rotatable bonds is 23. The van der Waals surface area contributed by atoms with Gasteiger partial charge in [-0.05, 0) is 55.2 Å². The van der Waals surface area contributed by atoms with Crippen LogP contribution in [-0.4, -0.2) is 12.8 Å².